The molecule has 0 aliphatic carbocycles. The second-order valence-electron chi connectivity index (χ2n) is 3.22. The van der Waals surface area contributed by atoms with Gasteiger partial charge in [0, 0.05) is 11.6 Å². The molecule has 1 atom stereocenters. The van der Waals surface area contributed by atoms with E-state index >= 15 is 0 Å². The number of hydrogen-bond acceptors (Lipinski definition) is 3. The molecule has 0 amide bonds. The monoisotopic (exact) mass is 237 g/mol. The maximum atomic E-state index is 11.6. The third kappa shape index (κ3) is 3.34. The van der Waals surface area contributed by atoms with Crippen LogP contribution in [-0.4, -0.2) is 19.0 Å². The Bertz CT molecular complexity index is 394. The van der Waals surface area contributed by atoms with Crippen LogP contribution < -0.4 is 0 Å². The summed E-state index contributed by atoms with van der Waals surface area (Å²) in [5, 5.41) is 9.54. The quantitative estimate of drug-likeness (QED) is 0.791. The molecule has 0 aromatic heterocycles. The maximum Gasteiger partial charge on any atom is 0.179 e. The molecule has 0 unspecified atom stereocenters. The topological polar surface area (TPSA) is 50.1 Å². The van der Waals surface area contributed by atoms with E-state index in [0.29, 0.717) is 17.2 Å². The zero-order valence-corrected chi connectivity index (χ0v) is 9.70. The number of nitrogens with zero attached hydrogens (tertiary/aromatic N) is 1. The minimum absolute atomic E-state index is 0.0304. The Hall–Kier alpha value is -1.37. The van der Waals surface area contributed by atoms with E-state index in [1.54, 1.807) is 31.2 Å². The zero-order valence-electron chi connectivity index (χ0n) is 8.94. The van der Waals surface area contributed by atoms with E-state index in [4.69, 9.17) is 21.6 Å². The number of ether oxygens (including phenoxy) is 1. The SMILES string of the molecule is CCOCC(=O)[C@H](C#N)c1ccc(Cl)cc1. The van der Waals surface area contributed by atoms with Gasteiger partial charge in [-0.1, -0.05) is 23.7 Å². The molecular weight excluding hydrogens is 226 g/mol. The van der Waals surface area contributed by atoms with Crippen molar-refractivity contribution < 1.29 is 9.53 Å². The Labute approximate surface area is 99.6 Å². The third-order valence-corrected chi connectivity index (χ3v) is 2.35. The van der Waals surface area contributed by atoms with Crippen LogP contribution in [0.3, 0.4) is 0 Å². The first-order valence-corrected chi connectivity index (χ1v) is 5.32. The number of carbonyl (C=O) groups excluding carboxylic acids is 1. The highest BCUT2D eigenvalue weighted by molar-refractivity contribution is 6.30. The number of halogens is 1. The highest BCUT2D eigenvalue weighted by Gasteiger charge is 2.19. The van der Waals surface area contributed by atoms with Crippen LogP contribution in [0, 0.1) is 11.3 Å². The Morgan fingerprint density at radius 2 is 2.12 bits per heavy atom. The van der Waals surface area contributed by atoms with E-state index in [2.05, 4.69) is 0 Å². The summed E-state index contributed by atoms with van der Waals surface area (Å²) in [6, 6.07) is 8.66. The van der Waals surface area contributed by atoms with Gasteiger partial charge in [0.25, 0.3) is 0 Å². The Morgan fingerprint density at radius 3 is 2.62 bits per heavy atom. The lowest BCUT2D eigenvalue weighted by Gasteiger charge is -2.08. The number of Topliss-reactive ketones (excluding diaryl/α,β-unsaturated/α-hetero) is 1. The summed E-state index contributed by atoms with van der Waals surface area (Å²) in [5.41, 5.74) is 0.650. The van der Waals surface area contributed by atoms with Gasteiger partial charge in [0.15, 0.2) is 5.78 Å². The van der Waals surface area contributed by atoms with E-state index in [1.807, 2.05) is 6.07 Å². The van der Waals surface area contributed by atoms with E-state index in [9.17, 15) is 4.79 Å². The standard InChI is InChI=1S/C12H12ClNO2/c1-2-16-8-12(15)11(7-14)9-3-5-10(13)6-4-9/h3-6,11H,2,8H2,1H3/t11-/m1/s1. The van der Waals surface area contributed by atoms with Crippen molar-refractivity contribution >= 4 is 17.4 Å². The van der Waals surface area contributed by atoms with Crippen LogP contribution in [-0.2, 0) is 9.53 Å². The molecule has 0 N–H and O–H groups in total. The van der Waals surface area contributed by atoms with Gasteiger partial charge in [0.2, 0.25) is 0 Å². The van der Waals surface area contributed by atoms with Gasteiger partial charge in [0.1, 0.15) is 12.5 Å². The lowest BCUT2D eigenvalue weighted by Crippen LogP contribution is -2.17. The Morgan fingerprint density at radius 1 is 1.50 bits per heavy atom. The fourth-order valence-corrected chi connectivity index (χ4v) is 1.40. The van der Waals surface area contributed by atoms with Gasteiger partial charge in [-0.05, 0) is 24.6 Å². The van der Waals surface area contributed by atoms with Crippen LogP contribution in [0.4, 0.5) is 0 Å². The number of carbonyl (C=O) groups is 1. The van der Waals surface area contributed by atoms with Crippen LogP contribution in [0.25, 0.3) is 0 Å². The van der Waals surface area contributed by atoms with Crippen molar-refractivity contribution in [3.63, 3.8) is 0 Å². The molecule has 4 heteroatoms. The molecule has 0 saturated carbocycles. The number of benzene rings is 1. The van der Waals surface area contributed by atoms with Gasteiger partial charge < -0.3 is 4.74 Å². The van der Waals surface area contributed by atoms with Gasteiger partial charge in [-0.15, -0.1) is 0 Å². The Kier molecular flexibility index (Phi) is 4.97. The lowest BCUT2D eigenvalue weighted by atomic mass is 9.97. The molecule has 0 bridgehead atoms. The fraction of sp³-hybridized carbons (Fsp3) is 0.333. The van der Waals surface area contributed by atoms with Crippen molar-refractivity contribution in [2.24, 2.45) is 0 Å². The van der Waals surface area contributed by atoms with Gasteiger partial charge in [0.05, 0.1) is 6.07 Å². The van der Waals surface area contributed by atoms with Crippen LogP contribution in [0.5, 0.6) is 0 Å². The van der Waals surface area contributed by atoms with Crippen LogP contribution in [0.2, 0.25) is 5.02 Å². The van der Waals surface area contributed by atoms with E-state index in [1.165, 1.54) is 0 Å². The van der Waals surface area contributed by atoms with E-state index in [0.717, 1.165) is 0 Å². The molecule has 84 valence electrons. The molecule has 0 radical (unpaired) electrons. The number of ketones is 1. The first-order chi connectivity index (χ1) is 7.69. The lowest BCUT2D eigenvalue weighted by molar-refractivity contribution is -0.123. The number of rotatable bonds is 5. The molecule has 0 fully saturated rings. The average molecular weight is 238 g/mol. The smallest absolute Gasteiger partial charge is 0.179 e. The minimum Gasteiger partial charge on any atom is -0.374 e. The summed E-state index contributed by atoms with van der Waals surface area (Å²) in [7, 11) is 0. The van der Waals surface area contributed by atoms with Crippen molar-refractivity contribution in [2.45, 2.75) is 12.8 Å². The van der Waals surface area contributed by atoms with E-state index < -0.39 is 5.92 Å². The molecule has 0 spiro atoms. The number of nitriles is 1. The molecule has 1 aromatic rings. The second-order valence-corrected chi connectivity index (χ2v) is 3.65. The summed E-state index contributed by atoms with van der Waals surface area (Å²) < 4.78 is 5.00. The fourth-order valence-electron chi connectivity index (χ4n) is 1.27. The predicted molar refractivity (Wildman–Crippen MR) is 61.3 cm³/mol. The van der Waals surface area contributed by atoms with Crippen molar-refractivity contribution in [1.82, 2.24) is 0 Å². The predicted octanol–water partition coefficient (Wildman–Crippen LogP) is 2.55. The first-order valence-electron chi connectivity index (χ1n) is 4.94. The number of hydrogen-bond donors (Lipinski definition) is 0. The van der Waals surface area contributed by atoms with Crippen LogP contribution in [0.15, 0.2) is 24.3 Å². The minimum atomic E-state index is -0.774. The van der Waals surface area contributed by atoms with E-state index in [-0.39, 0.29) is 12.4 Å². The highest BCUT2D eigenvalue weighted by Crippen LogP contribution is 2.18. The summed E-state index contributed by atoms with van der Waals surface area (Å²) >= 11 is 5.73. The molecular formula is C12H12ClNO2. The van der Waals surface area contributed by atoms with Crippen LogP contribution in [0.1, 0.15) is 18.4 Å². The normalized spacial score (nSPS) is 11.8. The average Bonchev–Trinajstić information content (AvgIpc) is 2.30. The van der Waals surface area contributed by atoms with Crippen molar-refractivity contribution in [3.05, 3.63) is 34.9 Å². The van der Waals surface area contributed by atoms with Crippen molar-refractivity contribution in [1.29, 1.82) is 5.26 Å². The molecule has 3 nitrogen and oxygen atoms in total. The van der Waals surface area contributed by atoms with Crippen molar-refractivity contribution in [2.75, 3.05) is 13.2 Å². The molecule has 1 rings (SSSR count). The zero-order chi connectivity index (χ0) is 12.0. The molecule has 0 heterocycles. The molecule has 0 aliphatic heterocycles. The Balaban J connectivity index is 2.79. The van der Waals surface area contributed by atoms with Crippen molar-refractivity contribution in [3.8, 4) is 6.07 Å². The second kappa shape index (κ2) is 6.26. The molecule has 0 aliphatic rings. The maximum absolute atomic E-state index is 11.6. The third-order valence-electron chi connectivity index (χ3n) is 2.10. The molecule has 1 aromatic carbocycles. The highest BCUT2D eigenvalue weighted by atomic mass is 35.5. The first kappa shape index (κ1) is 12.7. The van der Waals surface area contributed by atoms with Crippen LogP contribution >= 0.6 is 11.6 Å². The molecule has 0 saturated heterocycles. The summed E-state index contributed by atoms with van der Waals surface area (Å²) in [5.74, 6) is -1.00. The van der Waals surface area contributed by atoms with Gasteiger partial charge >= 0.3 is 0 Å². The summed E-state index contributed by atoms with van der Waals surface area (Å²) in [6.45, 7) is 2.23. The largest absolute Gasteiger partial charge is 0.374 e. The molecule has 16 heavy (non-hydrogen) atoms. The van der Waals surface area contributed by atoms with Gasteiger partial charge in [-0.25, -0.2) is 0 Å². The van der Waals surface area contributed by atoms with Gasteiger partial charge in [-0.3, -0.25) is 4.79 Å². The summed E-state index contributed by atoms with van der Waals surface area (Å²) in [4.78, 5) is 11.6. The summed E-state index contributed by atoms with van der Waals surface area (Å²) in [6.07, 6.45) is 0. The van der Waals surface area contributed by atoms with Gasteiger partial charge in [-0.2, -0.15) is 5.26 Å².